The van der Waals surface area contributed by atoms with Gasteiger partial charge in [0.1, 0.15) is 0 Å². The molecule has 2 N–H and O–H groups in total. The second-order valence-corrected chi connectivity index (χ2v) is 7.02. The van der Waals surface area contributed by atoms with Gasteiger partial charge in [0.25, 0.3) is 5.91 Å². The van der Waals surface area contributed by atoms with E-state index < -0.39 is 54.1 Å². The van der Waals surface area contributed by atoms with Crippen LogP contribution in [0.15, 0.2) is 36.4 Å². The summed E-state index contributed by atoms with van der Waals surface area (Å²) < 4.78 is 44.6. The Morgan fingerprint density at radius 1 is 1.03 bits per heavy atom. The molecule has 166 valence electrons. The maximum absolute atomic E-state index is 13.6. The van der Waals surface area contributed by atoms with Gasteiger partial charge in [-0.15, -0.1) is 0 Å². The van der Waals surface area contributed by atoms with Gasteiger partial charge in [-0.2, -0.15) is 0 Å². The van der Waals surface area contributed by atoms with Gasteiger partial charge in [-0.25, -0.2) is 18.0 Å². The van der Waals surface area contributed by atoms with Crippen LogP contribution in [0.1, 0.15) is 16.1 Å². The Balaban J connectivity index is 1.53. The largest absolute Gasteiger partial charge is 0.452 e. The maximum Gasteiger partial charge on any atom is 0.340 e. The highest BCUT2D eigenvalue weighted by Crippen LogP contribution is 2.21. The lowest BCUT2D eigenvalue weighted by Gasteiger charge is -2.10. The summed E-state index contributed by atoms with van der Waals surface area (Å²) in [6.45, 7) is 0.287. The van der Waals surface area contributed by atoms with Crippen molar-refractivity contribution in [3.05, 3.63) is 70.1 Å². The molecule has 1 aromatic heterocycles. The number of nitrogens with one attached hydrogen (secondary N) is 2. The predicted molar refractivity (Wildman–Crippen MR) is 110 cm³/mol. The topological polar surface area (TPSA) is 97.4 Å². The smallest absolute Gasteiger partial charge is 0.340 e. The van der Waals surface area contributed by atoms with Crippen molar-refractivity contribution in [2.24, 2.45) is 0 Å². The summed E-state index contributed by atoms with van der Waals surface area (Å²) in [6, 6.07) is 8.00. The molecular weight excluding hydrogens is 451 g/mol. The van der Waals surface area contributed by atoms with E-state index in [1.165, 1.54) is 6.07 Å². The van der Waals surface area contributed by atoms with Crippen molar-refractivity contribution in [1.29, 1.82) is 0 Å². The average molecular weight is 466 g/mol. The lowest BCUT2D eigenvalue weighted by atomic mass is 10.1. The van der Waals surface area contributed by atoms with Crippen LogP contribution in [0, 0.1) is 24.4 Å². The highest BCUT2D eigenvalue weighted by Gasteiger charge is 2.17. The number of nitrogens with zero attached hydrogens (tertiary/aromatic N) is 1. The van der Waals surface area contributed by atoms with E-state index >= 15 is 0 Å². The van der Waals surface area contributed by atoms with Crippen molar-refractivity contribution in [2.45, 2.75) is 6.92 Å². The summed E-state index contributed by atoms with van der Waals surface area (Å²) in [7, 11) is 0. The quantitative estimate of drug-likeness (QED) is 0.429. The molecule has 0 unspecified atom stereocenters. The number of carbonyl (C=O) groups is 3. The standard InChI is InChI=1S/C21H15ClF3N3O4/c1-10-13(7-11-6-12(22)2-4-15(11)27-10)21(31)32-9-18(30)26-8-17(29)28-16-5-3-14(23)19(24)20(16)25/h2-7H,8-9H2,1H3,(H,26,30)(H,28,29). The average Bonchev–Trinajstić information content (AvgIpc) is 2.76. The van der Waals surface area contributed by atoms with Crippen molar-refractivity contribution >= 4 is 46.0 Å². The molecule has 0 atom stereocenters. The Morgan fingerprint density at radius 2 is 1.78 bits per heavy atom. The van der Waals surface area contributed by atoms with Crippen LogP contribution >= 0.6 is 11.6 Å². The van der Waals surface area contributed by atoms with Gasteiger partial charge in [0, 0.05) is 10.4 Å². The molecule has 2 aromatic carbocycles. The Morgan fingerprint density at radius 3 is 2.53 bits per heavy atom. The zero-order valence-corrected chi connectivity index (χ0v) is 17.2. The van der Waals surface area contributed by atoms with Gasteiger partial charge < -0.3 is 15.4 Å². The fourth-order valence-corrected chi connectivity index (χ4v) is 2.89. The van der Waals surface area contributed by atoms with Crippen molar-refractivity contribution in [3.8, 4) is 0 Å². The first-order valence-corrected chi connectivity index (χ1v) is 9.47. The molecule has 2 amide bonds. The maximum atomic E-state index is 13.6. The molecule has 0 aliphatic rings. The van der Waals surface area contributed by atoms with E-state index in [1.54, 1.807) is 25.1 Å². The van der Waals surface area contributed by atoms with Crippen LogP contribution < -0.4 is 10.6 Å². The first-order chi connectivity index (χ1) is 15.2. The molecule has 32 heavy (non-hydrogen) atoms. The zero-order chi connectivity index (χ0) is 23.4. The van der Waals surface area contributed by atoms with Crippen LogP contribution in [-0.4, -0.2) is 35.9 Å². The summed E-state index contributed by atoms with van der Waals surface area (Å²) in [5, 5.41) is 5.22. The minimum atomic E-state index is -1.74. The van der Waals surface area contributed by atoms with Gasteiger partial charge in [-0.1, -0.05) is 11.6 Å². The molecule has 0 radical (unpaired) electrons. The minimum absolute atomic E-state index is 0.138. The summed E-state index contributed by atoms with van der Waals surface area (Å²) in [6.07, 6.45) is 0. The van der Waals surface area contributed by atoms with Crippen LogP contribution in [0.25, 0.3) is 10.9 Å². The van der Waals surface area contributed by atoms with E-state index in [0.717, 1.165) is 6.07 Å². The zero-order valence-electron chi connectivity index (χ0n) is 16.5. The molecule has 0 fully saturated rings. The summed E-state index contributed by atoms with van der Waals surface area (Å²) in [4.78, 5) is 40.2. The molecule has 1 heterocycles. The highest BCUT2D eigenvalue weighted by atomic mass is 35.5. The van der Waals surface area contributed by atoms with Crippen molar-refractivity contribution in [1.82, 2.24) is 10.3 Å². The number of fused-ring (bicyclic) bond motifs is 1. The fraction of sp³-hybridized carbons (Fsp3) is 0.143. The normalized spacial score (nSPS) is 10.7. The first-order valence-electron chi connectivity index (χ1n) is 9.10. The summed E-state index contributed by atoms with van der Waals surface area (Å²) in [5.41, 5.74) is 0.566. The second kappa shape index (κ2) is 9.65. The Hall–Kier alpha value is -3.66. The fourth-order valence-electron chi connectivity index (χ4n) is 2.71. The Kier molecular flexibility index (Phi) is 6.94. The number of amides is 2. The molecule has 3 rings (SSSR count). The number of benzene rings is 2. The summed E-state index contributed by atoms with van der Waals surface area (Å²) >= 11 is 5.94. The number of rotatable bonds is 6. The number of halogens is 4. The van der Waals surface area contributed by atoms with Gasteiger partial charge in [-0.3, -0.25) is 14.6 Å². The van der Waals surface area contributed by atoms with Gasteiger partial charge in [0.15, 0.2) is 24.1 Å². The predicted octanol–water partition coefficient (Wildman–Crippen LogP) is 3.53. The van der Waals surface area contributed by atoms with E-state index in [4.69, 9.17) is 16.3 Å². The molecule has 11 heteroatoms. The molecular formula is C21H15ClF3N3O4. The van der Waals surface area contributed by atoms with Crippen LogP contribution in [0.4, 0.5) is 18.9 Å². The number of ether oxygens (including phenoxy) is 1. The van der Waals surface area contributed by atoms with Crippen molar-refractivity contribution in [3.63, 3.8) is 0 Å². The number of pyridine rings is 1. The third kappa shape index (κ3) is 5.33. The molecule has 0 saturated heterocycles. The number of esters is 1. The van der Waals surface area contributed by atoms with E-state index in [9.17, 15) is 27.6 Å². The van der Waals surface area contributed by atoms with E-state index in [0.29, 0.717) is 27.7 Å². The molecule has 3 aromatic rings. The van der Waals surface area contributed by atoms with Gasteiger partial charge in [0.2, 0.25) is 5.91 Å². The molecule has 0 aliphatic carbocycles. The number of aromatic nitrogens is 1. The lowest BCUT2D eigenvalue weighted by molar-refractivity contribution is -0.126. The Bertz CT molecular complexity index is 1240. The SMILES string of the molecule is Cc1nc2ccc(Cl)cc2cc1C(=O)OCC(=O)NCC(=O)Nc1ccc(F)c(F)c1F. The molecule has 0 saturated carbocycles. The monoisotopic (exact) mass is 465 g/mol. The summed E-state index contributed by atoms with van der Waals surface area (Å²) in [5.74, 6) is -7.23. The van der Waals surface area contributed by atoms with E-state index in [1.807, 2.05) is 5.32 Å². The van der Waals surface area contributed by atoms with Crippen LogP contribution in [0.3, 0.4) is 0 Å². The van der Waals surface area contributed by atoms with E-state index in [-0.39, 0.29) is 5.56 Å². The molecule has 0 bridgehead atoms. The Labute approximate surface area is 184 Å². The number of anilines is 1. The molecule has 0 spiro atoms. The third-order valence-electron chi connectivity index (χ3n) is 4.28. The number of carbonyl (C=O) groups excluding carboxylic acids is 3. The van der Waals surface area contributed by atoms with Gasteiger partial charge in [0.05, 0.1) is 29.0 Å². The third-order valence-corrected chi connectivity index (χ3v) is 4.51. The van der Waals surface area contributed by atoms with E-state index in [2.05, 4.69) is 10.3 Å². The van der Waals surface area contributed by atoms with Gasteiger partial charge >= 0.3 is 5.97 Å². The van der Waals surface area contributed by atoms with Crippen LogP contribution in [0.2, 0.25) is 5.02 Å². The number of aryl methyl sites for hydroxylation is 1. The second-order valence-electron chi connectivity index (χ2n) is 6.58. The van der Waals surface area contributed by atoms with Crippen LogP contribution in [-0.2, 0) is 14.3 Å². The van der Waals surface area contributed by atoms with Crippen molar-refractivity contribution < 1.29 is 32.3 Å². The number of hydrogen-bond acceptors (Lipinski definition) is 5. The minimum Gasteiger partial charge on any atom is -0.452 e. The van der Waals surface area contributed by atoms with Gasteiger partial charge in [-0.05, 0) is 43.3 Å². The lowest BCUT2D eigenvalue weighted by Crippen LogP contribution is -2.35. The highest BCUT2D eigenvalue weighted by molar-refractivity contribution is 6.31. The molecule has 7 nitrogen and oxygen atoms in total. The van der Waals surface area contributed by atoms with Crippen LogP contribution in [0.5, 0.6) is 0 Å². The first kappa shape index (κ1) is 23.0. The van der Waals surface area contributed by atoms with Crippen molar-refractivity contribution in [2.75, 3.05) is 18.5 Å². The number of hydrogen-bond donors (Lipinski definition) is 2. The molecule has 0 aliphatic heterocycles.